The standard InChI is InChI=1S/C16H32N2O2/c1-5-15(2)12-17-16(3,14-6-7-14)13-18(15)8-9-20-11-10-19-4/h14,17H,5-13H2,1-4H3. The molecule has 0 amide bonds. The molecule has 0 aromatic carbocycles. The van der Waals surface area contributed by atoms with Crippen LogP contribution in [-0.2, 0) is 9.47 Å². The van der Waals surface area contributed by atoms with Crippen molar-refractivity contribution in [1.29, 1.82) is 0 Å². The predicted molar refractivity (Wildman–Crippen MR) is 82.1 cm³/mol. The zero-order valence-electron chi connectivity index (χ0n) is 13.7. The molecule has 2 fully saturated rings. The third-order valence-electron chi connectivity index (χ3n) is 5.33. The van der Waals surface area contributed by atoms with E-state index in [1.54, 1.807) is 7.11 Å². The Kier molecular flexibility index (Phi) is 5.46. The maximum Gasteiger partial charge on any atom is 0.0700 e. The number of ether oxygens (including phenoxy) is 2. The summed E-state index contributed by atoms with van der Waals surface area (Å²) in [5.74, 6) is 0.876. The van der Waals surface area contributed by atoms with Crippen molar-refractivity contribution in [2.45, 2.75) is 51.1 Å². The Labute approximate surface area is 124 Å². The van der Waals surface area contributed by atoms with Crippen molar-refractivity contribution in [2.24, 2.45) is 5.92 Å². The molecule has 0 aromatic heterocycles. The Morgan fingerprint density at radius 1 is 1.20 bits per heavy atom. The van der Waals surface area contributed by atoms with Crippen LogP contribution < -0.4 is 5.32 Å². The lowest BCUT2D eigenvalue weighted by molar-refractivity contribution is -0.0160. The minimum Gasteiger partial charge on any atom is -0.382 e. The lowest BCUT2D eigenvalue weighted by Gasteiger charge is -2.52. The second-order valence-electron chi connectivity index (χ2n) is 6.92. The van der Waals surface area contributed by atoms with Crippen LogP contribution >= 0.6 is 0 Å². The number of nitrogens with zero attached hydrogens (tertiary/aromatic N) is 1. The van der Waals surface area contributed by atoms with Crippen LogP contribution in [0.4, 0.5) is 0 Å². The van der Waals surface area contributed by atoms with Gasteiger partial charge in [-0.25, -0.2) is 0 Å². The van der Waals surface area contributed by atoms with Crippen LogP contribution in [0.15, 0.2) is 0 Å². The lowest BCUT2D eigenvalue weighted by Crippen LogP contribution is -2.69. The first-order valence-corrected chi connectivity index (χ1v) is 8.11. The fourth-order valence-electron chi connectivity index (χ4n) is 3.26. The third-order valence-corrected chi connectivity index (χ3v) is 5.33. The molecule has 1 N–H and O–H groups in total. The minimum absolute atomic E-state index is 0.263. The molecule has 2 atom stereocenters. The van der Waals surface area contributed by atoms with E-state index in [4.69, 9.17) is 9.47 Å². The molecule has 0 radical (unpaired) electrons. The highest BCUT2D eigenvalue weighted by Gasteiger charge is 2.48. The van der Waals surface area contributed by atoms with E-state index in [2.05, 4.69) is 31.0 Å². The van der Waals surface area contributed by atoms with Crippen LogP contribution in [0.5, 0.6) is 0 Å². The Hall–Kier alpha value is -0.160. The summed E-state index contributed by atoms with van der Waals surface area (Å²) in [7, 11) is 1.72. The van der Waals surface area contributed by atoms with Crippen LogP contribution in [0.2, 0.25) is 0 Å². The van der Waals surface area contributed by atoms with Gasteiger partial charge in [-0.05, 0) is 39.0 Å². The second kappa shape index (κ2) is 6.73. The number of piperazine rings is 1. The predicted octanol–water partition coefficient (Wildman–Crippen LogP) is 1.89. The normalized spacial score (nSPS) is 35.4. The van der Waals surface area contributed by atoms with E-state index >= 15 is 0 Å². The molecule has 1 heterocycles. The van der Waals surface area contributed by atoms with Crippen LogP contribution in [0, 0.1) is 5.92 Å². The van der Waals surface area contributed by atoms with Gasteiger partial charge in [0.1, 0.15) is 0 Å². The van der Waals surface area contributed by atoms with E-state index in [1.807, 2.05) is 0 Å². The van der Waals surface area contributed by atoms with Gasteiger partial charge < -0.3 is 14.8 Å². The van der Waals surface area contributed by atoms with Crippen molar-refractivity contribution in [2.75, 3.05) is 46.6 Å². The fourth-order valence-corrected chi connectivity index (χ4v) is 3.26. The summed E-state index contributed by atoms with van der Waals surface area (Å²) in [5, 5.41) is 3.84. The molecular formula is C16H32N2O2. The summed E-state index contributed by atoms with van der Waals surface area (Å²) in [6, 6.07) is 0. The largest absolute Gasteiger partial charge is 0.382 e. The third kappa shape index (κ3) is 3.73. The Balaban J connectivity index is 1.86. The van der Waals surface area contributed by atoms with Gasteiger partial charge in [0.15, 0.2) is 0 Å². The van der Waals surface area contributed by atoms with E-state index in [0.717, 1.165) is 32.2 Å². The Morgan fingerprint density at radius 3 is 2.55 bits per heavy atom. The number of hydrogen-bond donors (Lipinski definition) is 1. The van der Waals surface area contributed by atoms with Crippen molar-refractivity contribution in [3.05, 3.63) is 0 Å². The molecule has 4 heteroatoms. The van der Waals surface area contributed by atoms with Gasteiger partial charge in [0, 0.05) is 37.8 Å². The van der Waals surface area contributed by atoms with Crippen LogP contribution in [0.25, 0.3) is 0 Å². The van der Waals surface area contributed by atoms with Crippen molar-refractivity contribution < 1.29 is 9.47 Å². The average Bonchev–Trinajstić information content (AvgIpc) is 3.27. The van der Waals surface area contributed by atoms with Crippen molar-refractivity contribution in [3.63, 3.8) is 0 Å². The SMILES string of the molecule is CCC1(C)CNC(C)(C2CC2)CN1CCOCCOC. The highest BCUT2D eigenvalue weighted by molar-refractivity contribution is 5.07. The van der Waals surface area contributed by atoms with Gasteiger partial charge in [-0.1, -0.05) is 6.92 Å². The van der Waals surface area contributed by atoms with Crippen LogP contribution in [0.1, 0.15) is 40.0 Å². The molecule has 20 heavy (non-hydrogen) atoms. The molecule has 1 aliphatic heterocycles. The maximum absolute atomic E-state index is 5.67. The average molecular weight is 284 g/mol. The van der Waals surface area contributed by atoms with Crippen LogP contribution in [0.3, 0.4) is 0 Å². The molecule has 2 unspecified atom stereocenters. The highest BCUT2D eigenvalue weighted by Crippen LogP contribution is 2.42. The summed E-state index contributed by atoms with van der Waals surface area (Å²) in [4.78, 5) is 2.65. The zero-order chi connectivity index (χ0) is 14.6. The zero-order valence-corrected chi connectivity index (χ0v) is 13.7. The molecule has 0 aromatic rings. The molecule has 1 saturated heterocycles. The second-order valence-corrected chi connectivity index (χ2v) is 6.92. The molecule has 2 aliphatic rings. The molecule has 1 aliphatic carbocycles. The van der Waals surface area contributed by atoms with Gasteiger partial charge in [0.25, 0.3) is 0 Å². The molecule has 2 rings (SSSR count). The summed E-state index contributed by atoms with van der Waals surface area (Å²) in [6.07, 6.45) is 3.97. The number of rotatable bonds is 8. The first kappa shape index (κ1) is 16.2. The first-order valence-electron chi connectivity index (χ1n) is 8.11. The Morgan fingerprint density at radius 2 is 1.95 bits per heavy atom. The van der Waals surface area contributed by atoms with Gasteiger partial charge in [-0.15, -0.1) is 0 Å². The molecule has 0 bridgehead atoms. The quantitative estimate of drug-likeness (QED) is 0.690. The maximum atomic E-state index is 5.67. The fraction of sp³-hybridized carbons (Fsp3) is 1.00. The lowest BCUT2D eigenvalue weighted by atomic mass is 9.84. The molecular weight excluding hydrogens is 252 g/mol. The van der Waals surface area contributed by atoms with Gasteiger partial charge >= 0.3 is 0 Å². The van der Waals surface area contributed by atoms with E-state index in [1.165, 1.54) is 19.3 Å². The first-order chi connectivity index (χ1) is 9.54. The van der Waals surface area contributed by atoms with Crippen molar-refractivity contribution in [3.8, 4) is 0 Å². The van der Waals surface area contributed by atoms with Crippen LogP contribution in [-0.4, -0.2) is 62.5 Å². The Bertz CT molecular complexity index is 309. The minimum atomic E-state index is 0.263. The smallest absolute Gasteiger partial charge is 0.0700 e. The number of methoxy groups -OCH3 is 1. The molecule has 118 valence electrons. The van der Waals surface area contributed by atoms with Gasteiger partial charge in [-0.2, -0.15) is 0 Å². The topological polar surface area (TPSA) is 33.7 Å². The highest BCUT2D eigenvalue weighted by atomic mass is 16.5. The van der Waals surface area contributed by atoms with Gasteiger partial charge in [0.05, 0.1) is 19.8 Å². The van der Waals surface area contributed by atoms with E-state index in [0.29, 0.717) is 18.8 Å². The molecule has 1 saturated carbocycles. The van der Waals surface area contributed by atoms with Gasteiger partial charge in [0.2, 0.25) is 0 Å². The van der Waals surface area contributed by atoms with E-state index < -0.39 is 0 Å². The number of nitrogens with one attached hydrogen (secondary N) is 1. The monoisotopic (exact) mass is 284 g/mol. The van der Waals surface area contributed by atoms with Crippen molar-refractivity contribution in [1.82, 2.24) is 10.2 Å². The summed E-state index contributed by atoms with van der Waals surface area (Å²) in [6.45, 7) is 12.5. The summed E-state index contributed by atoms with van der Waals surface area (Å²) in [5.41, 5.74) is 0.570. The number of hydrogen-bond acceptors (Lipinski definition) is 4. The van der Waals surface area contributed by atoms with E-state index in [9.17, 15) is 0 Å². The van der Waals surface area contributed by atoms with Crippen molar-refractivity contribution >= 4 is 0 Å². The summed E-state index contributed by atoms with van der Waals surface area (Å²) >= 11 is 0. The molecule has 4 nitrogen and oxygen atoms in total. The van der Waals surface area contributed by atoms with Gasteiger partial charge in [-0.3, -0.25) is 4.90 Å². The summed E-state index contributed by atoms with van der Waals surface area (Å²) < 4.78 is 10.7. The molecule has 0 spiro atoms. The van der Waals surface area contributed by atoms with E-state index in [-0.39, 0.29) is 5.54 Å².